The summed E-state index contributed by atoms with van der Waals surface area (Å²) in [5.74, 6) is 0.973. The Kier molecular flexibility index (Phi) is 2.77. The molecule has 2 unspecified atom stereocenters. The Morgan fingerprint density at radius 2 is 1.82 bits per heavy atom. The highest BCUT2D eigenvalue weighted by Gasteiger charge is 2.41. The number of nitrogens with zero attached hydrogens (tertiary/aromatic N) is 2. The van der Waals surface area contributed by atoms with Gasteiger partial charge in [0.25, 0.3) is 0 Å². The summed E-state index contributed by atoms with van der Waals surface area (Å²) >= 11 is 11.8. The summed E-state index contributed by atoms with van der Waals surface area (Å²) in [6.45, 7) is 0. The van der Waals surface area contributed by atoms with E-state index in [0.717, 1.165) is 12.0 Å². The molecule has 4 heteroatoms. The van der Waals surface area contributed by atoms with Crippen molar-refractivity contribution in [2.45, 2.75) is 18.3 Å². The molecule has 0 aliphatic heterocycles. The minimum absolute atomic E-state index is 0.204. The normalized spacial score (nSPS) is 22.5. The molecule has 1 heterocycles. The molecule has 1 aliphatic carbocycles. The zero-order valence-corrected chi connectivity index (χ0v) is 10.5. The maximum atomic E-state index is 6.08. The molecule has 2 nitrogen and oxygen atoms in total. The van der Waals surface area contributed by atoms with Crippen LogP contribution in [0, 0.1) is 0 Å². The lowest BCUT2D eigenvalue weighted by Gasteiger charge is -2.02. The largest absolute Gasteiger partial charge is 0.226 e. The second-order valence-corrected chi connectivity index (χ2v) is 4.94. The molecule has 0 spiro atoms. The summed E-state index contributed by atoms with van der Waals surface area (Å²) in [6.07, 6.45) is 2.85. The van der Waals surface area contributed by atoms with Gasteiger partial charge in [-0.15, -0.1) is 0 Å². The summed E-state index contributed by atoms with van der Waals surface area (Å²) in [7, 11) is 0. The van der Waals surface area contributed by atoms with E-state index >= 15 is 0 Å². The van der Waals surface area contributed by atoms with Crippen LogP contribution in [0.5, 0.6) is 0 Å². The Bertz CT molecular complexity index is 542. The van der Waals surface area contributed by atoms with Crippen LogP contribution in [0.15, 0.2) is 36.5 Å². The Balaban J connectivity index is 1.85. The van der Waals surface area contributed by atoms with E-state index in [-0.39, 0.29) is 5.28 Å². The van der Waals surface area contributed by atoms with Gasteiger partial charge in [0.2, 0.25) is 5.28 Å². The second kappa shape index (κ2) is 4.28. The van der Waals surface area contributed by atoms with Gasteiger partial charge < -0.3 is 0 Å². The van der Waals surface area contributed by atoms with Gasteiger partial charge in [-0.2, -0.15) is 0 Å². The SMILES string of the molecule is Clc1ncc(C2CC2c2ccccc2)c(Cl)n1. The van der Waals surface area contributed by atoms with Crippen molar-refractivity contribution in [3.63, 3.8) is 0 Å². The number of hydrogen-bond donors (Lipinski definition) is 0. The Morgan fingerprint density at radius 1 is 1.06 bits per heavy atom. The van der Waals surface area contributed by atoms with Crippen LogP contribution in [0.3, 0.4) is 0 Å². The molecular weight excluding hydrogens is 255 g/mol. The zero-order chi connectivity index (χ0) is 11.8. The van der Waals surface area contributed by atoms with E-state index < -0.39 is 0 Å². The van der Waals surface area contributed by atoms with Crippen molar-refractivity contribution in [3.8, 4) is 0 Å². The van der Waals surface area contributed by atoms with Crippen LogP contribution >= 0.6 is 23.2 Å². The van der Waals surface area contributed by atoms with Crippen LogP contribution < -0.4 is 0 Å². The number of hydrogen-bond acceptors (Lipinski definition) is 2. The Morgan fingerprint density at radius 3 is 2.53 bits per heavy atom. The van der Waals surface area contributed by atoms with Crippen LogP contribution in [-0.2, 0) is 0 Å². The molecule has 0 N–H and O–H groups in total. The van der Waals surface area contributed by atoms with Gasteiger partial charge in [-0.3, -0.25) is 0 Å². The zero-order valence-electron chi connectivity index (χ0n) is 8.98. The van der Waals surface area contributed by atoms with Gasteiger partial charge >= 0.3 is 0 Å². The van der Waals surface area contributed by atoms with Crippen molar-refractivity contribution in [1.29, 1.82) is 0 Å². The van der Waals surface area contributed by atoms with Crippen molar-refractivity contribution in [2.75, 3.05) is 0 Å². The van der Waals surface area contributed by atoms with Gasteiger partial charge in [0.1, 0.15) is 5.15 Å². The molecule has 1 aromatic heterocycles. The predicted molar refractivity (Wildman–Crippen MR) is 68.6 cm³/mol. The van der Waals surface area contributed by atoms with Gasteiger partial charge in [-0.25, -0.2) is 9.97 Å². The fraction of sp³-hybridized carbons (Fsp3) is 0.231. The quantitative estimate of drug-likeness (QED) is 0.604. The molecule has 2 atom stereocenters. The molecule has 1 fully saturated rings. The lowest BCUT2D eigenvalue weighted by Crippen LogP contribution is -1.91. The first-order chi connectivity index (χ1) is 8.25. The lowest BCUT2D eigenvalue weighted by atomic mass is 10.1. The minimum Gasteiger partial charge on any atom is -0.226 e. The predicted octanol–water partition coefficient (Wildman–Crippen LogP) is 4.05. The van der Waals surface area contributed by atoms with Gasteiger partial charge in [-0.1, -0.05) is 41.9 Å². The molecule has 0 saturated heterocycles. The molecule has 0 amide bonds. The van der Waals surface area contributed by atoms with Crippen LogP contribution in [-0.4, -0.2) is 9.97 Å². The molecule has 0 radical (unpaired) electrons. The van der Waals surface area contributed by atoms with E-state index in [9.17, 15) is 0 Å². The Labute approximate surface area is 110 Å². The van der Waals surface area contributed by atoms with Crippen molar-refractivity contribution in [3.05, 3.63) is 58.1 Å². The molecule has 1 aromatic carbocycles. The standard InChI is InChI=1S/C13H10Cl2N2/c14-12-11(7-16-13(15)17-12)10-6-9(10)8-4-2-1-3-5-8/h1-5,7,9-10H,6H2. The number of benzene rings is 1. The maximum Gasteiger partial charge on any atom is 0.223 e. The number of rotatable bonds is 2. The monoisotopic (exact) mass is 264 g/mol. The van der Waals surface area contributed by atoms with E-state index in [4.69, 9.17) is 23.2 Å². The first-order valence-electron chi connectivity index (χ1n) is 5.48. The number of halogens is 2. The van der Waals surface area contributed by atoms with Crippen molar-refractivity contribution >= 4 is 23.2 Å². The first-order valence-corrected chi connectivity index (χ1v) is 6.24. The molecule has 3 rings (SSSR count). The second-order valence-electron chi connectivity index (χ2n) is 4.24. The molecule has 17 heavy (non-hydrogen) atoms. The summed E-state index contributed by atoms with van der Waals surface area (Å²) in [4.78, 5) is 7.98. The fourth-order valence-corrected chi connectivity index (χ4v) is 2.65. The van der Waals surface area contributed by atoms with Gasteiger partial charge in [0, 0.05) is 11.8 Å². The highest BCUT2D eigenvalue weighted by molar-refractivity contribution is 6.32. The van der Waals surface area contributed by atoms with E-state index in [1.54, 1.807) is 6.20 Å². The van der Waals surface area contributed by atoms with Crippen molar-refractivity contribution in [1.82, 2.24) is 9.97 Å². The average Bonchev–Trinajstić information content (AvgIpc) is 3.10. The molecule has 86 valence electrons. The Hall–Kier alpha value is -1.12. The molecule has 1 aliphatic rings. The van der Waals surface area contributed by atoms with E-state index in [2.05, 4.69) is 34.2 Å². The molecule has 0 bridgehead atoms. The molecule has 2 aromatic rings. The topological polar surface area (TPSA) is 25.8 Å². The lowest BCUT2D eigenvalue weighted by molar-refractivity contribution is 0.985. The van der Waals surface area contributed by atoms with Gasteiger partial charge in [0.15, 0.2) is 0 Å². The molecular formula is C13H10Cl2N2. The summed E-state index contributed by atoms with van der Waals surface area (Å²) < 4.78 is 0. The van der Waals surface area contributed by atoms with Crippen molar-refractivity contribution < 1.29 is 0 Å². The smallest absolute Gasteiger partial charge is 0.223 e. The summed E-state index contributed by atoms with van der Waals surface area (Å²) in [5.41, 5.74) is 2.36. The maximum absolute atomic E-state index is 6.08. The van der Waals surface area contributed by atoms with Crippen LogP contribution in [0.25, 0.3) is 0 Å². The van der Waals surface area contributed by atoms with E-state index in [0.29, 0.717) is 17.0 Å². The van der Waals surface area contributed by atoms with E-state index in [1.807, 2.05) is 6.07 Å². The fourth-order valence-electron chi connectivity index (χ4n) is 2.21. The average molecular weight is 265 g/mol. The third kappa shape index (κ3) is 2.15. The summed E-state index contributed by atoms with van der Waals surface area (Å²) in [5, 5.41) is 0.684. The summed E-state index contributed by atoms with van der Waals surface area (Å²) in [6, 6.07) is 10.4. The molecule has 1 saturated carbocycles. The van der Waals surface area contributed by atoms with Crippen molar-refractivity contribution in [2.24, 2.45) is 0 Å². The van der Waals surface area contributed by atoms with Gasteiger partial charge in [0.05, 0.1) is 0 Å². The van der Waals surface area contributed by atoms with Crippen LogP contribution in [0.4, 0.5) is 0 Å². The van der Waals surface area contributed by atoms with Crippen LogP contribution in [0.1, 0.15) is 29.4 Å². The third-order valence-electron chi connectivity index (χ3n) is 3.16. The van der Waals surface area contributed by atoms with Crippen LogP contribution in [0.2, 0.25) is 10.4 Å². The number of aromatic nitrogens is 2. The highest BCUT2D eigenvalue weighted by Crippen LogP contribution is 2.55. The van der Waals surface area contributed by atoms with Gasteiger partial charge in [-0.05, 0) is 35.4 Å². The minimum atomic E-state index is 0.204. The third-order valence-corrected chi connectivity index (χ3v) is 3.64. The first kappa shape index (κ1) is 11.0. The highest BCUT2D eigenvalue weighted by atomic mass is 35.5. The van der Waals surface area contributed by atoms with E-state index in [1.165, 1.54) is 5.56 Å².